The summed E-state index contributed by atoms with van der Waals surface area (Å²) in [5, 5.41) is 0.185. The van der Waals surface area contributed by atoms with E-state index in [9.17, 15) is 0 Å². The Bertz CT molecular complexity index is 245. The Balaban J connectivity index is 2.09. The molecular formula is C13H23ClINO2. The van der Waals surface area contributed by atoms with Crippen molar-refractivity contribution in [1.29, 1.82) is 0 Å². The number of nitrogens with zero attached hydrogens (tertiary/aromatic N) is 1. The highest BCUT2D eigenvalue weighted by Gasteiger charge is 2.16. The molecule has 0 amide bonds. The van der Waals surface area contributed by atoms with Gasteiger partial charge in [0.2, 0.25) is 0 Å². The second-order valence-corrected chi connectivity index (χ2v) is 6.76. The largest absolute Gasteiger partial charge is 0.500 e. The third-order valence-corrected chi connectivity index (χ3v) is 5.16. The minimum atomic E-state index is 0.185. The van der Waals surface area contributed by atoms with E-state index in [1.165, 1.54) is 0 Å². The smallest absolute Gasteiger partial charge is 0.1000 e. The summed E-state index contributed by atoms with van der Waals surface area (Å²) in [6.45, 7) is 9.63. The van der Waals surface area contributed by atoms with Crippen LogP contribution in [0.15, 0.2) is 12.3 Å². The van der Waals surface area contributed by atoms with E-state index in [1.807, 2.05) is 13.2 Å². The highest BCUT2D eigenvalue weighted by atomic mass is 127. The first-order chi connectivity index (χ1) is 8.61. The molecular weight excluding hydrogens is 365 g/mol. The quantitative estimate of drug-likeness (QED) is 0.290. The third-order valence-electron chi connectivity index (χ3n) is 3.21. The molecule has 3 nitrogen and oxygen atoms in total. The lowest BCUT2D eigenvalue weighted by atomic mass is 10.1. The summed E-state index contributed by atoms with van der Waals surface area (Å²) in [7, 11) is 0. The SMILES string of the molecule is CC(C(I)C=COCCN1CCOCC1)[C@@H](C)Cl. The number of halogens is 2. The Morgan fingerprint density at radius 3 is 2.67 bits per heavy atom. The van der Waals surface area contributed by atoms with Crippen LogP contribution in [0.1, 0.15) is 13.8 Å². The van der Waals surface area contributed by atoms with E-state index < -0.39 is 0 Å². The van der Waals surface area contributed by atoms with Gasteiger partial charge in [0.25, 0.3) is 0 Å². The van der Waals surface area contributed by atoms with Gasteiger partial charge in [0, 0.05) is 28.9 Å². The van der Waals surface area contributed by atoms with Gasteiger partial charge in [-0.2, -0.15) is 0 Å². The predicted octanol–water partition coefficient (Wildman–Crippen LogP) is 2.92. The van der Waals surface area contributed by atoms with Gasteiger partial charge in [-0.15, -0.1) is 11.6 Å². The molecule has 1 saturated heterocycles. The normalized spacial score (nSPS) is 22.9. The van der Waals surface area contributed by atoms with Crippen LogP contribution < -0.4 is 0 Å². The number of ether oxygens (including phenoxy) is 2. The zero-order chi connectivity index (χ0) is 13.4. The number of alkyl halides is 2. The monoisotopic (exact) mass is 387 g/mol. The van der Waals surface area contributed by atoms with E-state index in [2.05, 4.69) is 40.5 Å². The summed E-state index contributed by atoms with van der Waals surface area (Å²) in [6, 6.07) is 0. The Labute approximate surface area is 129 Å². The molecule has 2 unspecified atom stereocenters. The van der Waals surface area contributed by atoms with Gasteiger partial charge in [-0.05, 0) is 18.9 Å². The topological polar surface area (TPSA) is 21.7 Å². The molecule has 5 heteroatoms. The van der Waals surface area contributed by atoms with Gasteiger partial charge in [0.1, 0.15) is 0 Å². The molecule has 1 aliphatic heterocycles. The highest BCUT2D eigenvalue weighted by molar-refractivity contribution is 14.1. The maximum atomic E-state index is 6.07. The Kier molecular flexibility index (Phi) is 8.63. The fourth-order valence-corrected chi connectivity index (χ4v) is 2.83. The molecule has 0 N–H and O–H groups in total. The van der Waals surface area contributed by atoms with Crippen molar-refractivity contribution in [3.63, 3.8) is 0 Å². The van der Waals surface area contributed by atoms with Crippen molar-refractivity contribution in [2.24, 2.45) is 5.92 Å². The van der Waals surface area contributed by atoms with E-state index in [0.717, 1.165) is 39.5 Å². The van der Waals surface area contributed by atoms with Crippen molar-refractivity contribution < 1.29 is 9.47 Å². The summed E-state index contributed by atoms with van der Waals surface area (Å²) in [4.78, 5) is 2.36. The van der Waals surface area contributed by atoms with Crippen LogP contribution in [0.2, 0.25) is 0 Å². The molecule has 0 aromatic heterocycles. The lowest BCUT2D eigenvalue weighted by molar-refractivity contribution is 0.0293. The molecule has 106 valence electrons. The van der Waals surface area contributed by atoms with Crippen molar-refractivity contribution >= 4 is 34.2 Å². The van der Waals surface area contributed by atoms with Crippen molar-refractivity contribution in [3.8, 4) is 0 Å². The van der Waals surface area contributed by atoms with Crippen LogP contribution in [0.4, 0.5) is 0 Å². The van der Waals surface area contributed by atoms with Gasteiger partial charge in [-0.25, -0.2) is 0 Å². The number of rotatable bonds is 7. The second kappa shape index (κ2) is 9.39. The van der Waals surface area contributed by atoms with E-state index >= 15 is 0 Å². The van der Waals surface area contributed by atoms with Crippen LogP contribution in [-0.4, -0.2) is 53.7 Å². The molecule has 0 aliphatic carbocycles. The Hall–Kier alpha value is 0.480. The molecule has 1 rings (SSSR count). The molecule has 0 radical (unpaired) electrons. The Morgan fingerprint density at radius 2 is 2.06 bits per heavy atom. The molecule has 1 heterocycles. The zero-order valence-corrected chi connectivity index (χ0v) is 14.1. The fourth-order valence-electron chi connectivity index (χ4n) is 1.63. The van der Waals surface area contributed by atoms with Crippen LogP contribution in [-0.2, 0) is 9.47 Å². The highest BCUT2D eigenvalue weighted by Crippen LogP contribution is 2.21. The van der Waals surface area contributed by atoms with Gasteiger partial charge >= 0.3 is 0 Å². The first-order valence-corrected chi connectivity index (χ1v) is 8.16. The summed E-state index contributed by atoms with van der Waals surface area (Å²) in [5.41, 5.74) is 0. The number of allylic oxidation sites excluding steroid dienone is 1. The summed E-state index contributed by atoms with van der Waals surface area (Å²) in [5.74, 6) is 0.450. The standard InChI is InChI=1S/C13H23ClINO2/c1-11(12(2)14)13(15)3-7-17-8-4-16-5-9-18-10-6-16/h3,7,11-13H,4-6,8-10H2,1-2H3/t11?,12-,13?/m1/s1. The van der Waals surface area contributed by atoms with Crippen molar-refractivity contribution in [1.82, 2.24) is 4.90 Å². The fraction of sp³-hybridized carbons (Fsp3) is 0.846. The molecule has 0 spiro atoms. The average molecular weight is 388 g/mol. The summed E-state index contributed by atoms with van der Waals surface area (Å²) in [6.07, 6.45) is 3.90. The minimum Gasteiger partial charge on any atom is -0.500 e. The van der Waals surface area contributed by atoms with Gasteiger partial charge in [-0.3, -0.25) is 4.90 Å². The van der Waals surface area contributed by atoms with E-state index in [0.29, 0.717) is 9.84 Å². The zero-order valence-electron chi connectivity index (χ0n) is 11.1. The third kappa shape index (κ3) is 6.59. The molecule has 0 aromatic carbocycles. The lowest BCUT2D eigenvalue weighted by Gasteiger charge is -2.26. The molecule has 0 saturated carbocycles. The van der Waals surface area contributed by atoms with Gasteiger partial charge < -0.3 is 9.47 Å². The maximum absolute atomic E-state index is 6.07. The second-order valence-electron chi connectivity index (χ2n) is 4.63. The molecule has 18 heavy (non-hydrogen) atoms. The minimum absolute atomic E-state index is 0.185. The molecule has 0 bridgehead atoms. The van der Waals surface area contributed by atoms with Gasteiger partial charge in [0.15, 0.2) is 0 Å². The van der Waals surface area contributed by atoms with Crippen LogP contribution in [0, 0.1) is 5.92 Å². The van der Waals surface area contributed by atoms with E-state index in [-0.39, 0.29) is 5.38 Å². The maximum Gasteiger partial charge on any atom is 0.1000 e. The van der Waals surface area contributed by atoms with E-state index in [1.54, 1.807) is 0 Å². The van der Waals surface area contributed by atoms with E-state index in [4.69, 9.17) is 21.1 Å². The molecule has 1 fully saturated rings. The first-order valence-electron chi connectivity index (χ1n) is 6.47. The first kappa shape index (κ1) is 16.5. The summed E-state index contributed by atoms with van der Waals surface area (Å²) < 4.78 is 11.2. The van der Waals surface area contributed by atoms with Gasteiger partial charge in [-0.1, -0.05) is 29.5 Å². The number of morpholine rings is 1. The van der Waals surface area contributed by atoms with Crippen molar-refractivity contribution in [2.75, 3.05) is 39.5 Å². The predicted molar refractivity (Wildman–Crippen MR) is 84.6 cm³/mol. The van der Waals surface area contributed by atoms with Crippen LogP contribution in [0.3, 0.4) is 0 Å². The average Bonchev–Trinajstić information content (AvgIpc) is 2.38. The molecule has 1 aliphatic rings. The number of hydrogen-bond acceptors (Lipinski definition) is 3. The Morgan fingerprint density at radius 1 is 1.39 bits per heavy atom. The van der Waals surface area contributed by atoms with Crippen LogP contribution in [0.25, 0.3) is 0 Å². The van der Waals surface area contributed by atoms with Crippen molar-refractivity contribution in [2.45, 2.75) is 23.1 Å². The number of hydrogen-bond donors (Lipinski definition) is 0. The lowest BCUT2D eigenvalue weighted by Crippen LogP contribution is -2.38. The van der Waals surface area contributed by atoms with Crippen LogP contribution in [0.5, 0.6) is 0 Å². The molecule has 3 atom stereocenters. The summed E-state index contributed by atoms with van der Waals surface area (Å²) >= 11 is 8.47. The van der Waals surface area contributed by atoms with Crippen molar-refractivity contribution in [3.05, 3.63) is 12.3 Å². The molecule has 0 aromatic rings. The van der Waals surface area contributed by atoms with Crippen LogP contribution >= 0.6 is 34.2 Å². The van der Waals surface area contributed by atoms with Gasteiger partial charge in [0.05, 0.1) is 26.1 Å².